The fraction of sp³-hybridized carbons (Fsp3) is 0.143. The molecule has 0 aromatic heterocycles. The van der Waals surface area contributed by atoms with Crippen LogP contribution in [0.3, 0.4) is 0 Å². The SMILES string of the molecule is O=S(=O)(Cl)c1cccc(Cl)c1C(F)F. The van der Waals surface area contributed by atoms with Gasteiger partial charge in [-0.15, -0.1) is 0 Å². The van der Waals surface area contributed by atoms with Gasteiger partial charge in [-0.2, -0.15) is 0 Å². The smallest absolute Gasteiger partial charge is 0.207 e. The van der Waals surface area contributed by atoms with E-state index in [4.69, 9.17) is 22.3 Å². The fourth-order valence-corrected chi connectivity index (χ4v) is 2.36. The normalized spacial score (nSPS) is 12.1. The monoisotopic (exact) mass is 260 g/mol. The highest BCUT2D eigenvalue weighted by Gasteiger charge is 2.23. The van der Waals surface area contributed by atoms with Crippen molar-refractivity contribution in [2.75, 3.05) is 0 Å². The van der Waals surface area contributed by atoms with Gasteiger partial charge < -0.3 is 0 Å². The molecule has 0 heterocycles. The van der Waals surface area contributed by atoms with E-state index < -0.39 is 25.9 Å². The first kappa shape index (κ1) is 11.7. The van der Waals surface area contributed by atoms with Gasteiger partial charge >= 0.3 is 0 Å². The van der Waals surface area contributed by atoms with E-state index >= 15 is 0 Å². The first-order valence-corrected chi connectivity index (χ1v) is 6.04. The molecule has 0 aliphatic carbocycles. The predicted molar refractivity (Wildman–Crippen MR) is 49.4 cm³/mol. The van der Waals surface area contributed by atoms with Gasteiger partial charge in [0, 0.05) is 10.7 Å². The molecule has 0 bridgehead atoms. The summed E-state index contributed by atoms with van der Waals surface area (Å²) >= 11 is 5.43. The van der Waals surface area contributed by atoms with Crippen molar-refractivity contribution in [2.24, 2.45) is 0 Å². The summed E-state index contributed by atoms with van der Waals surface area (Å²) < 4.78 is 46.6. The summed E-state index contributed by atoms with van der Waals surface area (Å²) in [6, 6.07) is 3.40. The van der Waals surface area contributed by atoms with Gasteiger partial charge in [-0.05, 0) is 12.1 Å². The molecular formula is C7H4Cl2F2O2S. The molecule has 0 N–H and O–H groups in total. The Morgan fingerprint density at radius 2 is 1.86 bits per heavy atom. The van der Waals surface area contributed by atoms with Crippen LogP contribution in [0.1, 0.15) is 12.0 Å². The van der Waals surface area contributed by atoms with Crippen molar-refractivity contribution in [3.05, 3.63) is 28.8 Å². The predicted octanol–water partition coefficient (Wildman–Crippen LogP) is 3.21. The van der Waals surface area contributed by atoms with Crippen LogP contribution in [0.2, 0.25) is 5.02 Å². The van der Waals surface area contributed by atoms with E-state index in [1.807, 2.05) is 0 Å². The molecule has 0 aliphatic heterocycles. The molecule has 0 spiro atoms. The molecule has 1 aromatic carbocycles. The summed E-state index contributed by atoms with van der Waals surface area (Å²) in [4.78, 5) is -0.651. The van der Waals surface area contributed by atoms with Crippen LogP contribution in [0.5, 0.6) is 0 Å². The third-order valence-corrected chi connectivity index (χ3v) is 3.20. The Morgan fingerprint density at radius 3 is 2.21 bits per heavy atom. The van der Waals surface area contributed by atoms with Crippen molar-refractivity contribution in [3.63, 3.8) is 0 Å². The lowest BCUT2D eigenvalue weighted by Gasteiger charge is -2.06. The zero-order chi connectivity index (χ0) is 10.9. The van der Waals surface area contributed by atoms with Crippen molar-refractivity contribution in [3.8, 4) is 0 Å². The lowest BCUT2D eigenvalue weighted by atomic mass is 10.2. The molecule has 2 nitrogen and oxygen atoms in total. The number of hydrogen-bond donors (Lipinski definition) is 0. The van der Waals surface area contributed by atoms with E-state index in [0.29, 0.717) is 0 Å². The van der Waals surface area contributed by atoms with Crippen molar-refractivity contribution >= 4 is 31.3 Å². The number of rotatable bonds is 2. The molecule has 0 radical (unpaired) electrons. The van der Waals surface area contributed by atoms with Crippen LogP contribution in [-0.4, -0.2) is 8.42 Å². The zero-order valence-corrected chi connectivity index (χ0v) is 8.87. The van der Waals surface area contributed by atoms with E-state index in [-0.39, 0.29) is 5.02 Å². The molecule has 7 heteroatoms. The molecule has 0 saturated carbocycles. The van der Waals surface area contributed by atoms with Gasteiger partial charge in [0.05, 0.1) is 15.5 Å². The summed E-state index contributed by atoms with van der Waals surface area (Å²) in [5, 5.41) is -0.318. The van der Waals surface area contributed by atoms with Gasteiger partial charge in [0.2, 0.25) is 0 Å². The van der Waals surface area contributed by atoms with Gasteiger partial charge in [-0.25, -0.2) is 17.2 Å². The Balaban J connectivity index is 3.52. The van der Waals surface area contributed by atoms with Crippen LogP contribution < -0.4 is 0 Å². The number of alkyl halides is 2. The third kappa shape index (κ3) is 2.34. The first-order valence-electron chi connectivity index (χ1n) is 3.35. The minimum atomic E-state index is -4.19. The molecule has 78 valence electrons. The Labute approximate surface area is 88.9 Å². The molecule has 14 heavy (non-hydrogen) atoms. The van der Waals surface area contributed by atoms with E-state index in [1.54, 1.807) is 0 Å². The van der Waals surface area contributed by atoms with Crippen molar-refractivity contribution in [1.29, 1.82) is 0 Å². The molecule has 0 atom stereocenters. The average molecular weight is 261 g/mol. The van der Waals surface area contributed by atoms with Crippen molar-refractivity contribution < 1.29 is 17.2 Å². The van der Waals surface area contributed by atoms with E-state index in [1.165, 1.54) is 12.1 Å². The number of halogens is 4. The van der Waals surface area contributed by atoms with E-state index in [0.717, 1.165) is 6.07 Å². The van der Waals surface area contributed by atoms with E-state index in [9.17, 15) is 17.2 Å². The summed E-state index contributed by atoms with van der Waals surface area (Å²) in [6.07, 6.45) is -2.98. The van der Waals surface area contributed by atoms with Gasteiger partial charge in [-0.1, -0.05) is 17.7 Å². The summed E-state index contributed by atoms with van der Waals surface area (Å²) in [5.74, 6) is 0. The Morgan fingerprint density at radius 1 is 1.29 bits per heavy atom. The van der Waals surface area contributed by atoms with E-state index in [2.05, 4.69) is 0 Å². The Bertz CT molecular complexity index is 445. The maximum Gasteiger partial charge on any atom is 0.266 e. The van der Waals surface area contributed by atoms with Crippen LogP contribution in [-0.2, 0) is 9.05 Å². The Kier molecular flexibility index (Phi) is 3.34. The second kappa shape index (κ2) is 4.00. The largest absolute Gasteiger partial charge is 0.266 e. The fourth-order valence-electron chi connectivity index (χ4n) is 0.942. The highest BCUT2D eigenvalue weighted by Crippen LogP contribution is 2.34. The quantitative estimate of drug-likeness (QED) is 0.766. The first-order chi connectivity index (χ1) is 6.34. The van der Waals surface area contributed by atoms with Crippen LogP contribution >= 0.6 is 22.3 Å². The number of hydrogen-bond acceptors (Lipinski definition) is 2. The van der Waals surface area contributed by atoms with Crippen LogP contribution in [0.15, 0.2) is 23.1 Å². The summed E-state index contributed by atoms with van der Waals surface area (Å²) in [5.41, 5.74) is -0.760. The topological polar surface area (TPSA) is 34.1 Å². The van der Waals surface area contributed by atoms with Crippen LogP contribution in [0, 0.1) is 0 Å². The molecule has 0 aliphatic rings. The second-order valence-corrected chi connectivity index (χ2v) is 5.33. The summed E-state index contributed by atoms with van der Waals surface area (Å²) in [7, 11) is 0.767. The van der Waals surface area contributed by atoms with Gasteiger partial charge in [0.25, 0.3) is 15.5 Å². The molecule has 0 saturated heterocycles. The maximum absolute atomic E-state index is 12.4. The molecular weight excluding hydrogens is 257 g/mol. The molecule has 0 unspecified atom stereocenters. The highest BCUT2D eigenvalue weighted by molar-refractivity contribution is 8.13. The lowest BCUT2D eigenvalue weighted by molar-refractivity contribution is 0.148. The van der Waals surface area contributed by atoms with Crippen molar-refractivity contribution in [1.82, 2.24) is 0 Å². The third-order valence-electron chi connectivity index (χ3n) is 1.49. The van der Waals surface area contributed by atoms with Crippen LogP contribution in [0.4, 0.5) is 8.78 Å². The molecule has 1 rings (SSSR count). The average Bonchev–Trinajstić information content (AvgIpc) is 2.01. The second-order valence-electron chi connectivity index (χ2n) is 2.39. The Hall–Kier alpha value is -0.390. The van der Waals surface area contributed by atoms with Crippen LogP contribution in [0.25, 0.3) is 0 Å². The maximum atomic E-state index is 12.4. The van der Waals surface area contributed by atoms with Crippen molar-refractivity contribution in [2.45, 2.75) is 11.3 Å². The molecule has 0 fully saturated rings. The minimum Gasteiger partial charge on any atom is -0.207 e. The minimum absolute atomic E-state index is 0.318. The zero-order valence-electron chi connectivity index (χ0n) is 6.55. The molecule has 1 aromatic rings. The summed E-state index contributed by atoms with van der Waals surface area (Å²) in [6.45, 7) is 0. The molecule has 0 amide bonds. The lowest BCUT2D eigenvalue weighted by Crippen LogP contribution is -1.99. The van der Waals surface area contributed by atoms with Gasteiger partial charge in [0.15, 0.2) is 0 Å². The standard InChI is InChI=1S/C7H4Cl2F2O2S/c8-4-2-1-3-5(14(9,12)13)6(4)7(10)11/h1-3,7H. The number of benzene rings is 1. The van der Waals surface area contributed by atoms with Gasteiger partial charge in [0.1, 0.15) is 0 Å². The highest BCUT2D eigenvalue weighted by atomic mass is 35.7. The van der Waals surface area contributed by atoms with Gasteiger partial charge in [-0.3, -0.25) is 0 Å².